The van der Waals surface area contributed by atoms with Crippen molar-refractivity contribution in [1.29, 1.82) is 0 Å². The topological polar surface area (TPSA) is 26.0 Å². The molecule has 0 saturated carbocycles. The normalized spacial score (nSPS) is 29.6. The van der Waals surface area contributed by atoms with Gasteiger partial charge in [0.2, 0.25) is 0 Å². The molecular formula is C9H14FNS. The van der Waals surface area contributed by atoms with E-state index in [1.165, 1.54) is 6.08 Å². The second kappa shape index (κ2) is 3.99. The molecule has 68 valence electrons. The first-order chi connectivity index (χ1) is 5.65. The predicted octanol–water partition coefficient (Wildman–Crippen LogP) is 2.45. The molecule has 0 radical (unpaired) electrons. The Morgan fingerprint density at radius 3 is 2.83 bits per heavy atom. The number of alkyl halides is 1. The summed E-state index contributed by atoms with van der Waals surface area (Å²) in [5.41, 5.74) is 6.24. The minimum Gasteiger partial charge on any atom is -0.398 e. The monoisotopic (exact) mass is 187 g/mol. The fourth-order valence-electron chi connectivity index (χ4n) is 1.12. The van der Waals surface area contributed by atoms with Gasteiger partial charge in [0.15, 0.2) is 0 Å². The molecule has 0 amide bonds. The van der Waals surface area contributed by atoms with E-state index < -0.39 is 6.17 Å². The summed E-state index contributed by atoms with van der Waals surface area (Å²) in [7, 11) is 0. The van der Waals surface area contributed by atoms with Crippen molar-refractivity contribution in [3.05, 3.63) is 22.8 Å². The van der Waals surface area contributed by atoms with E-state index in [0.717, 1.165) is 10.7 Å². The maximum atomic E-state index is 13.0. The minimum atomic E-state index is -0.911. The van der Waals surface area contributed by atoms with Gasteiger partial charge in [0.1, 0.15) is 6.17 Å². The van der Waals surface area contributed by atoms with Crippen LogP contribution in [0.3, 0.4) is 0 Å². The second-order valence-corrected chi connectivity index (χ2v) is 4.20. The predicted molar refractivity (Wildman–Crippen MR) is 52.5 cm³/mol. The number of allylic oxidation sites excluding steroid dienone is 2. The van der Waals surface area contributed by atoms with E-state index in [0.29, 0.717) is 5.70 Å². The van der Waals surface area contributed by atoms with Crippen LogP contribution in [-0.2, 0) is 0 Å². The highest BCUT2D eigenvalue weighted by molar-refractivity contribution is 8.03. The fourth-order valence-corrected chi connectivity index (χ4v) is 1.98. The molecule has 3 heteroatoms. The zero-order chi connectivity index (χ0) is 9.14. The first-order valence-electron chi connectivity index (χ1n) is 4.11. The molecule has 0 bridgehead atoms. The standard InChI is InChI=1S/C9H14FNS/c1-3-12-9-4-6(2)7(10)5-8(9)11/h4-7H,3,11H2,1-2H3. The van der Waals surface area contributed by atoms with Gasteiger partial charge in [-0.3, -0.25) is 0 Å². The summed E-state index contributed by atoms with van der Waals surface area (Å²) in [5.74, 6) is 0.940. The van der Waals surface area contributed by atoms with Crippen LogP contribution in [-0.4, -0.2) is 11.9 Å². The molecule has 0 aliphatic heterocycles. The van der Waals surface area contributed by atoms with E-state index >= 15 is 0 Å². The Labute approximate surface area is 76.9 Å². The Morgan fingerprint density at radius 1 is 1.58 bits per heavy atom. The van der Waals surface area contributed by atoms with Crippen molar-refractivity contribution in [2.75, 3.05) is 5.75 Å². The average molecular weight is 187 g/mol. The lowest BCUT2D eigenvalue weighted by Gasteiger charge is -2.19. The van der Waals surface area contributed by atoms with E-state index in [4.69, 9.17) is 5.73 Å². The van der Waals surface area contributed by atoms with Gasteiger partial charge in [0, 0.05) is 16.5 Å². The maximum absolute atomic E-state index is 13.0. The van der Waals surface area contributed by atoms with Crippen molar-refractivity contribution in [2.24, 2.45) is 11.7 Å². The minimum absolute atomic E-state index is 0.0358. The molecule has 2 atom stereocenters. The van der Waals surface area contributed by atoms with Crippen molar-refractivity contribution in [3.63, 3.8) is 0 Å². The summed E-state index contributed by atoms with van der Waals surface area (Å²) in [5, 5.41) is 0. The van der Waals surface area contributed by atoms with E-state index in [-0.39, 0.29) is 5.92 Å². The van der Waals surface area contributed by atoms with Crippen molar-refractivity contribution < 1.29 is 4.39 Å². The summed E-state index contributed by atoms with van der Waals surface area (Å²) < 4.78 is 13.0. The lowest BCUT2D eigenvalue weighted by Crippen LogP contribution is -2.17. The van der Waals surface area contributed by atoms with E-state index in [9.17, 15) is 4.39 Å². The van der Waals surface area contributed by atoms with Gasteiger partial charge >= 0.3 is 0 Å². The van der Waals surface area contributed by atoms with Crippen molar-refractivity contribution >= 4 is 11.8 Å². The summed E-state index contributed by atoms with van der Waals surface area (Å²) in [6.07, 6.45) is 2.50. The zero-order valence-electron chi connectivity index (χ0n) is 7.38. The molecule has 12 heavy (non-hydrogen) atoms. The lowest BCUT2D eigenvalue weighted by molar-refractivity contribution is 0.331. The highest BCUT2D eigenvalue weighted by Gasteiger charge is 2.19. The number of halogens is 1. The van der Waals surface area contributed by atoms with Gasteiger partial charge < -0.3 is 5.73 Å². The van der Waals surface area contributed by atoms with Crippen LogP contribution in [0, 0.1) is 5.92 Å². The molecular weight excluding hydrogens is 173 g/mol. The van der Waals surface area contributed by atoms with E-state index in [1.807, 2.05) is 13.0 Å². The molecule has 2 N–H and O–H groups in total. The van der Waals surface area contributed by atoms with Crippen LogP contribution in [0.15, 0.2) is 22.8 Å². The quantitative estimate of drug-likeness (QED) is 0.718. The molecule has 0 fully saturated rings. The molecule has 0 aromatic heterocycles. The Balaban J connectivity index is 2.74. The van der Waals surface area contributed by atoms with Crippen LogP contribution in [0.1, 0.15) is 13.8 Å². The number of rotatable bonds is 2. The van der Waals surface area contributed by atoms with E-state index in [1.54, 1.807) is 11.8 Å². The third kappa shape index (κ3) is 2.03. The zero-order valence-corrected chi connectivity index (χ0v) is 8.20. The Hall–Kier alpha value is -0.440. The summed E-state index contributed by atoms with van der Waals surface area (Å²) in [6.45, 7) is 3.93. The van der Waals surface area contributed by atoms with Crippen LogP contribution in [0.4, 0.5) is 4.39 Å². The first-order valence-corrected chi connectivity index (χ1v) is 5.10. The SMILES string of the molecule is CCSC1=CC(C)C(F)C=C1N. The Kier molecular flexibility index (Phi) is 3.20. The lowest BCUT2D eigenvalue weighted by atomic mass is 10.00. The molecule has 0 aromatic carbocycles. The Bertz CT molecular complexity index is 223. The highest BCUT2D eigenvalue weighted by atomic mass is 32.2. The molecule has 1 nitrogen and oxygen atoms in total. The van der Waals surface area contributed by atoms with Gasteiger partial charge in [-0.2, -0.15) is 0 Å². The van der Waals surface area contributed by atoms with Crippen LogP contribution in [0.25, 0.3) is 0 Å². The summed E-state index contributed by atoms with van der Waals surface area (Å²) in [4.78, 5) is 1.03. The number of hydrogen-bond acceptors (Lipinski definition) is 2. The van der Waals surface area contributed by atoms with Gasteiger partial charge in [0.25, 0.3) is 0 Å². The highest BCUT2D eigenvalue weighted by Crippen LogP contribution is 2.29. The third-order valence-corrected chi connectivity index (χ3v) is 2.81. The van der Waals surface area contributed by atoms with E-state index in [2.05, 4.69) is 6.92 Å². The van der Waals surface area contributed by atoms with Crippen LogP contribution in [0.2, 0.25) is 0 Å². The van der Waals surface area contributed by atoms with Gasteiger partial charge in [-0.15, -0.1) is 11.8 Å². The number of hydrogen-bond donors (Lipinski definition) is 1. The van der Waals surface area contributed by atoms with Gasteiger partial charge in [-0.1, -0.05) is 19.9 Å². The van der Waals surface area contributed by atoms with Crippen molar-refractivity contribution in [3.8, 4) is 0 Å². The molecule has 1 rings (SSSR count). The second-order valence-electron chi connectivity index (χ2n) is 2.89. The smallest absolute Gasteiger partial charge is 0.127 e. The van der Waals surface area contributed by atoms with Crippen molar-refractivity contribution in [1.82, 2.24) is 0 Å². The molecule has 0 heterocycles. The fraction of sp³-hybridized carbons (Fsp3) is 0.556. The average Bonchev–Trinajstić information content (AvgIpc) is 2.01. The number of thioether (sulfide) groups is 1. The van der Waals surface area contributed by atoms with Gasteiger partial charge in [-0.05, 0) is 11.8 Å². The molecule has 2 unspecified atom stereocenters. The molecule has 0 saturated heterocycles. The van der Waals surface area contributed by atoms with Crippen LogP contribution in [0.5, 0.6) is 0 Å². The summed E-state index contributed by atoms with van der Waals surface area (Å²) in [6, 6.07) is 0. The van der Waals surface area contributed by atoms with Crippen LogP contribution >= 0.6 is 11.8 Å². The third-order valence-electron chi connectivity index (χ3n) is 1.84. The first kappa shape index (κ1) is 9.65. The van der Waals surface area contributed by atoms with Crippen molar-refractivity contribution in [2.45, 2.75) is 20.0 Å². The molecule has 1 aliphatic carbocycles. The molecule has 0 spiro atoms. The largest absolute Gasteiger partial charge is 0.398 e. The van der Waals surface area contributed by atoms with Crippen LogP contribution < -0.4 is 5.73 Å². The Morgan fingerprint density at radius 2 is 2.25 bits per heavy atom. The van der Waals surface area contributed by atoms with Gasteiger partial charge in [-0.25, -0.2) is 4.39 Å². The number of nitrogens with two attached hydrogens (primary N) is 1. The summed E-state index contributed by atoms with van der Waals surface area (Å²) >= 11 is 1.67. The maximum Gasteiger partial charge on any atom is 0.127 e. The molecule has 1 aliphatic rings. The van der Waals surface area contributed by atoms with Gasteiger partial charge in [0.05, 0.1) is 0 Å². The molecule has 0 aromatic rings.